The number of anilines is 2. The van der Waals surface area contributed by atoms with Crippen molar-refractivity contribution in [1.82, 2.24) is 15.1 Å². The number of nitrogens with zero attached hydrogens (tertiary/aromatic N) is 3. The van der Waals surface area contributed by atoms with Gasteiger partial charge in [-0.3, -0.25) is 14.3 Å². The number of aryl methyl sites for hydroxylation is 3. The molecule has 7 heteroatoms. The number of likely N-dealkylation sites (N-methyl/N-ethyl adjacent to an activating group) is 1. The van der Waals surface area contributed by atoms with Gasteiger partial charge in [0.15, 0.2) is 0 Å². The number of benzene rings is 1. The molecular formula is C20H27N5O2. The summed E-state index contributed by atoms with van der Waals surface area (Å²) in [5.74, 6) is -0.0402. The van der Waals surface area contributed by atoms with E-state index in [1.165, 1.54) is 0 Å². The van der Waals surface area contributed by atoms with Crippen molar-refractivity contribution in [3.8, 4) is 0 Å². The number of fused-ring (bicyclic) bond motifs is 1. The topological polar surface area (TPSA) is 79.3 Å². The largest absolute Gasteiger partial charge is 0.326 e. The smallest absolute Gasteiger partial charge is 0.240 e. The van der Waals surface area contributed by atoms with Crippen LogP contribution in [-0.4, -0.2) is 41.7 Å². The average Bonchev–Trinajstić information content (AvgIpc) is 2.87. The number of carbonyl (C=O) groups is 2. The predicted octanol–water partition coefficient (Wildman–Crippen LogP) is 1.72. The van der Waals surface area contributed by atoms with E-state index in [-0.39, 0.29) is 18.2 Å². The van der Waals surface area contributed by atoms with E-state index in [9.17, 15) is 9.59 Å². The maximum Gasteiger partial charge on any atom is 0.240 e. The van der Waals surface area contributed by atoms with Crippen LogP contribution < -0.4 is 15.5 Å². The third kappa shape index (κ3) is 4.03. The van der Waals surface area contributed by atoms with Gasteiger partial charge in [-0.25, -0.2) is 0 Å². The lowest BCUT2D eigenvalue weighted by molar-refractivity contribution is -0.118. The molecular weight excluding hydrogens is 342 g/mol. The molecule has 144 valence electrons. The minimum Gasteiger partial charge on any atom is -0.326 e. The zero-order chi connectivity index (χ0) is 19.6. The highest BCUT2D eigenvalue weighted by Gasteiger charge is 2.22. The molecule has 2 amide bonds. The summed E-state index contributed by atoms with van der Waals surface area (Å²) in [5.41, 5.74) is 5.58. The Bertz CT molecular complexity index is 871. The quantitative estimate of drug-likeness (QED) is 0.841. The molecule has 3 rings (SSSR count). The van der Waals surface area contributed by atoms with Crippen LogP contribution in [0, 0.1) is 13.8 Å². The number of aromatic nitrogens is 2. The van der Waals surface area contributed by atoms with Crippen molar-refractivity contribution in [3.05, 3.63) is 40.7 Å². The molecule has 1 aliphatic heterocycles. The van der Waals surface area contributed by atoms with Crippen LogP contribution in [0.1, 0.15) is 28.9 Å². The van der Waals surface area contributed by atoms with Crippen LogP contribution >= 0.6 is 0 Å². The van der Waals surface area contributed by atoms with Crippen molar-refractivity contribution in [1.29, 1.82) is 0 Å². The Balaban J connectivity index is 1.77. The molecule has 1 aromatic carbocycles. The van der Waals surface area contributed by atoms with Gasteiger partial charge in [0.05, 0.1) is 18.7 Å². The first-order valence-corrected chi connectivity index (χ1v) is 9.27. The zero-order valence-electron chi connectivity index (χ0n) is 16.4. The molecule has 7 nitrogen and oxygen atoms in total. The molecule has 1 aromatic heterocycles. The number of hydrogen-bond acceptors (Lipinski definition) is 4. The number of hydrogen-bond donors (Lipinski definition) is 2. The van der Waals surface area contributed by atoms with Gasteiger partial charge in [0, 0.05) is 36.2 Å². The maximum atomic E-state index is 12.5. The van der Waals surface area contributed by atoms with Gasteiger partial charge >= 0.3 is 0 Å². The van der Waals surface area contributed by atoms with Crippen LogP contribution in [0.25, 0.3) is 0 Å². The van der Waals surface area contributed by atoms with Crippen molar-refractivity contribution in [2.75, 3.05) is 30.4 Å². The van der Waals surface area contributed by atoms with Gasteiger partial charge in [-0.05, 0) is 51.4 Å². The normalized spacial score (nSPS) is 13.4. The first-order valence-electron chi connectivity index (χ1n) is 9.27. The highest BCUT2D eigenvalue weighted by Crippen LogP contribution is 2.30. The fourth-order valence-corrected chi connectivity index (χ4v) is 3.60. The molecule has 2 N–H and O–H groups in total. The van der Waals surface area contributed by atoms with Gasteiger partial charge in [0.25, 0.3) is 0 Å². The fraction of sp³-hybridized carbons (Fsp3) is 0.450. The van der Waals surface area contributed by atoms with E-state index < -0.39 is 0 Å². The third-order valence-corrected chi connectivity index (χ3v) is 5.11. The summed E-state index contributed by atoms with van der Waals surface area (Å²) < 4.78 is 1.79. The molecule has 0 spiro atoms. The molecule has 0 unspecified atom stereocenters. The summed E-state index contributed by atoms with van der Waals surface area (Å²) in [7, 11) is 3.64. The molecule has 0 saturated heterocycles. The summed E-state index contributed by atoms with van der Waals surface area (Å²) in [4.78, 5) is 26.7. The monoisotopic (exact) mass is 369 g/mol. The van der Waals surface area contributed by atoms with Gasteiger partial charge in [0.1, 0.15) is 0 Å². The van der Waals surface area contributed by atoms with Crippen LogP contribution in [0.4, 0.5) is 11.4 Å². The lowest BCUT2D eigenvalue weighted by Crippen LogP contribution is -2.40. The lowest BCUT2D eigenvalue weighted by Gasteiger charge is -2.30. The van der Waals surface area contributed by atoms with Crippen molar-refractivity contribution in [2.24, 2.45) is 7.05 Å². The van der Waals surface area contributed by atoms with Crippen LogP contribution in [0.3, 0.4) is 0 Å². The van der Waals surface area contributed by atoms with Crippen LogP contribution in [0.2, 0.25) is 0 Å². The fourth-order valence-electron chi connectivity index (χ4n) is 3.60. The summed E-state index contributed by atoms with van der Waals surface area (Å²) in [6, 6.07) is 5.82. The predicted molar refractivity (Wildman–Crippen MR) is 106 cm³/mol. The Labute approximate surface area is 159 Å². The third-order valence-electron chi connectivity index (χ3n) is 5.11. The highest BCUT2D eigenvalue weighted by atomic mass is 16.2. The van der Waals surface area contributed by atoms with E-state index in [0.717, 1.165) is 41.0 Å². The Morgan fingerprint density at radius 3 is 2.70 bits per heavy atom. The number of nitrogens with one attached hydrogen (secondary N) is 2. The molecule has 2 aromatic rings. The van der Waals surface area contributed by atoms with E-state index in [2.05, 4.69) is 15.7 Å². The second-order valence-corrected chi connectivity index (χ2v) is 7.02. The zero-order valence-corrected chi connectivity index (χ0v) is 16.4. The van der Waals surface area contributed by atoms with Crippen LogP contribution in [0.5, 0.6) is 0 Å². The van der Waals surface area contributed by atoms with E-state index in [1.54, 1.807) is 16.6 Å². The summed E-state index contributed by atoms with van der Waals surface area (Å²) >= 11 is 0. The van der Waals surface area contributed by atoms with E-state index in [4.69, 9.17) is 0 Å². The summed E-state index contributed by atoms with van der Waals surface area (Å²) in [6.45, 7) is 4.89. The van der Waals surface area contributed by atoms with E-state index >= 15 is 0 Å². The number of carbonyl (C=O) groups excluding carboxylic acids is 2. The Kier molecular flexibility index (Phi) is 5.60. The minimum atomic E-state index is -0.0851. The van der Waals surface area contributed by atoms with Crippen molar-refractivity contribution < 1.29 is 9.59 Å². The average molecular weight is 369 g/mol. The minimum absolute atomic E-state index is 0.0449. The first kappa shape index (κ1) is 19.1. The van der Waals surface area contributed by atoms with Gasteiger partial charge in [-0.1, -0.05) is 6.07 Å². The Morgan fingerprint density at radius 2 is 2.04 bits per heavy atom. The summed E-state index contributed by atoms with van der Waals surface area (Å²) in [5, 5.41) is 10.2. The standard InChI is InChI=1S/C20H27N5O2/c1-13-17(14(2)24(4)23-13)11-19(26)22-16-8-7-15-6-5-9-25(18(15)10-16)20(27)12-21-3/h7-8,10,21H,5-6,9,11-12H2,1-4H3,(H,22,26). The second-order valence-electron chi connectivity index (χ2n) is 7.02. The van der Waals surface area contributed by atoms with Crippen molar-refractivity contribution in [2.45, 2.75) is 33.1 Å². The number of amides is 2. The van der Waals surface area contributed by atoms with Gasteiger partial charge in [0.2, 0.25) is 11.8 Å². The van der Waals surface area contributed by atoms with Gasteiger partial charge in [-0.2, -0.15) is 5.10 Å². The van der Waals surface area contributed by atoms with Crippen LogP contribution in [0.15, 0.2) is 18.2 Å². The molecule has 1 aliphatic rings. The second kappa shape index (κ2) is 7.92. The lowest BCUT2D eigenvalue weighted by atomic mass is 10.0. The van der Waals surface area contributed by atoms with Gasteiger partial charge in [-0.15, -0.1) is 0 Å². The Morgan fingerprint density at radius 1 is 1.26 bits per heavy atom. The number of rotatable bonds is 5. The SMILES string of the molecule is CNCC(=O)N1CCCc2ccc(NC(=O)Cc3c(C)nn(C)c3C)cc21. The van der Waals surface area contributed by atoms with Crippen molar-refractivity contribution in [3.63, 3.8) is 0 Å². The first-order chi connectivity index (χ1) is 12.9. The molecule has 0 atom stereocenters. The molecule has 27 heavy (non-hydrogen) atoms. The molecule has 2 heterocycles. The highest BCUT2D eigenvalue weighted by molar-refractivity contribution is 5.98. The molecule has 0 bridgehead atoms. The molecule has 0 aliphatic carbocycles. The van der Waals surface area contributed by atoms with Crippen LogP contribution in [-0.2, 0) is 29.5 Å². The molecule has 0 radical (unpaired) electrons. The van der Waals surface area contributed by atoms with E-state index in [1.807, 2.05) is 39.1 Å². The van der Waals surface area contributed by atoms with E-state index in [0.29, 0.717) is 18.8 Å². The summed E-state index contributed by atoms with van der Waals surface area (Å²) in [6.07, 6.45) is 2.18. The van der Waals surface area contributed by atoms with Crippen molar-refractivity contribution >= 4 is 23.2 Å². The molecule has 0 fully saturated rings. The maximum absolute atomic E-state index is 12.5. The Hall–Kier alpha value is -2.67. The van der Waals surface area contributed by atoms with Gasteiger partial charge < -0.3 is 15.5 Å². The molecule has 0 saturated carbocycles.